The molecule has 1 aliphatic heterocycles. The highest BCUT2D eigenvalue weighted by atomic mass is 32.2. The first-order valence-electron chi connectivity index (χ1n) is 10.4. The quantitative estimate of drug-likeness (QED) is 0.427. The molecule has 1 saturated heterocycles. The lowest BCUT2D eigenvalue weighted by Crippen LogP contribution is -2.38. The Morgan fingerprint density at radius 3 is 2.56 bits per heavy atom. The Kier molecular flexibility index (Phi) is 6.31. The van der Waals surface area contributed by atoms with Gasteiger partial charge >= 0.3 is 5.69 Å². The van der Waals surface area contributed by atoms with Gasteiger partial charge in [-0.25, -0.2) is 14.8 Å². The van der Waals surface area contributed by atoms with Gasteiger partial charge in [-0.2, -0.15) is 0 Å². The second-order valence-corrected chi connectivity index (χ2v) is 8.68. The first kappa shape index (κ1) is 22.1. The second kappa shape index (κ2) is 9.15. The van der Waals surface area contributed by atoms with Crippen molar-refractivity contribution in [3.63, 3.8) is 0 Å². The minimum atomic E-state index is -0.479. The zero-order valence-electron chi connectivity index (χ0n) is 18.3. The molecule has 1 aliphatic rings. The largest absolute Gasteiger partial charge is 0.497 e. The molecule has 0 aliphatic carbocycles. The number of benzene rings is 1. The van der Waals surface area contributed by atoms with E-state index in [4.69, 9.17) is 4.74 Å². The number of thioether (sulfide) groups is 1. The summed E-state index contributed by atoms with van der Waals surface area (Å²) < 4.78 is 7.67. The van der Waals surface area contributed by atoms with Gasteiger partial charge in [-0.15, -0.1) is 0 Å². The molecule has 0 spiro atoms. The topological polar surface area (TPSA) is 99.3 Å². The van der Waals surface area contributed by atoms with E-state index in [0.717, 1.165) is 36.9 Å². The van der Waals surface area contributed by atoms with Crippen LogP contribution in [-0.2, 0) is 18.9 Å². The van der Waals surface area contributed by atoms with Crippen LogP contribution >= 0.6 is 11.8 Å². The Morgan fingerprint density at radius 2 is 1.84 bits per heavy atom. The van der Waals surface area contributed by atoms with E-state index in [1.54, 1.807) is 20.2 Å². The average Bonchev–Trinajstić information content (AvgIpc) is 2.84. The predicted molar refractivity (Wildman–Crippen MR) is 123 cm³/mol. The highest BCUT2D eigenvalue weighted by Crippen LogP contribution is 2.28. The molecule has 0 N–H and O–H groups in total. The molecule has 1 fully saturated rings. The summed E-state index contributed by atoms with van der Waals surface area (Å²) in [6.45, 7) is 1.52. The zero-order valence-corrected chi connectivity index (χ0v) is 19.1. The van der Waals surface area contributed by atoms with Crippen LogP contribution < -0.4 is 16.0 Å². The van der Waals surface area contributed by atoms with E-state index < -0.39 is 11.2 Å². The number of amides is 1. The van der Waals surface area contributed by atoms with E-state index in [1.165, 1.54) is 23.4 Å². The number of carbonyl (C=O) groups is 1. The number of aromatic nitrogens is 4. The smallest absolute Gasteiger partial charge is 0.332 e. The number of aryl methyl sites for hydroxylation is 1. The molecule has 0 saturated carbocycles. The van der Waals surface area contributed by atoms with Crippen LogP contribution in [-0.4, -0.2) is 55.9 Å². The third-order valence-corrected chi connectivity index (χ3v) is 6.60. The average molecular weight is 456 g/mol. The molecule has 0 unspecified atom stereocenters. The molecule has 1 amide bonds. The van der Waals surface area contributed by atoms with Crippen molar-refractivity contribution in [1.29, 1.82) is 0 Å². The maximum absolute atomic E-state index is 13.0. The van der Waals surface area contributed by atoms with Crippen LogP contribution in [0.3, 0.4) is 0 Å². The van der Waals surface area contributed by atoms with E-state index in [-0.39, 0.29) is 22.7 Å². The van der Waals surface area contributed by atoms with Crippen molar-refractivity contribution in [3.8, 4) is 17.1 Å². The molecule has 9 nitrogen and oxygen atoms in total. The van der Waals surface area contributed by atoms with Crippen LogP contribution in [0, 0.1) is 0 Å². The summed E-state index contributed by atoms with van der Waals surface area (Å²) in [7, 11) is 4.56. The Morgan fingerprint density at radius 1 is 1.09 bits per heavy atom. The molecule has 0 atom stereocenters. The van der Waals surface area contributed by atoms with Crippen molar-refractivity contribution in [2.45, 2.75) is 24.3 Å². The molecular weight excluding hydrogens is 430 g/mol. The molecular formula is C22H25N5O4S. The van der Waals surface area contributed by atoms with Crippen LogP contribution in [0.4, 0.5) is 0 Å². The van der Waals surface area contributed by atoms with E-state index >= 15 is 0 Å². The third kappa shape index (κ3) is 4.14. The Bertz CT molecular complexity index is 1290. The first-order valence-corrected chi connectivity index (χ1v) is 11.4. The summed E-state index contributed by atoms with van der Waals surface area (Å²) in [4.78, 5) is 49.2. The minimum absolute atomic E-state index is 0.0195. The number of hydrogen-bond acceptors (Lipinski definition) is 7. The molecule has 0 bridgehead atoms. The Labute approximate surface area is 189 Å². The Balaban J connectivity index is 1.82. The van der Waals surface area contributed by atoms with Crippen molar-refractivity contribution in [3.05, 3.63) is 45.1 Å². The minimum Gasteiger partial charge on any atom is -0.497 e. The van der Waals surface area contributed by atoms with Gasteiger partial charge in [0.25, 0.3) is 5.56 Å². The fourth-order valence-electron chi connectivity index (χ4n) is 3.79. The van der Waals surface area contributed by atoms with Gasteiger partial charge in [-0.05, 0) is 31.4 Å². The molecule has 2 aromatic heterocycles. The van der Waals surface area contributed by atoms with Gasteiger partial charge in [0, 0.05) is 32.7 Å². The van der Waals surface area contributed by atoms with Gasteiger partial charge < -0.3 is 9.64 Å². The lowest BCUT2D eigenvalue weighted by Gasteiger charge is -2.26. The first-order chi connectivity index (χ1) is 15.4. The number of carbonyl (C=O) groups excluding carboxylic acids is 1. The van der Waals surface area contributed by atoms with Crippen molar-refractivity contribution in [2.24, 2.45) is 14.1 Å². The number of rotatable bonds is 5. The maximum Gasteiger partial charge on any atom is 0.332 e. The zero-order chi connectivity index (χ0) is 22.8. The third-order valence-electron chi connectivity index (χ3n) is 5.64. The van der Waals surface area contributed by atoms with Crippen molar-refractivity contribution >= 4 is 28.7 Å². The van der Waals surface area contributed by atoms with Crippen molar-refractivity contribution < 1.29 is 9.53 Å². The fourth-order valence-corrected chi connectivity index (χ4v) is 4.71. The molecule has 0 radical (unpaired) electrons. The highest BCUT2D eigenvalue weighted by molar-refractivity contribution is 8.00. The fraction of sp³-hybridized carbons (Fsp3) is 0.409. The van der Waals surface area contributed by atoms with Gasteiger partial charge in [0.2, 0.25) is 5.91 Å². The summed E-state index contributed by atoms with van der Waals surface area (Å²) in [5.74, 6) is 1.17. The molecule has 4 rings (SSSR count). The second-order valence-electron chi connectivity index (χ2n) is 7.72. The SMILES string of the molecule is COc1cccc(-c2nc(SCC(=O)N3CCCCC3)c3c(=O)n(C)c(=O)n(C)c3n2)c1. The molecule has 3 heterocycles. The van der Waals surface area contributed by atoms with Gasteiger partial charge in [0.05, 0.1) is 12.9 Å². The number of likely N-dealkylation sites (tertiary alicyclic amines) is 1. The van der Waals surface area contributed by atoms with Crippen molar-refractivity contribution in [2.75, 3.05) is 26.0 Å². The van der Waals surface area contributed by atoms with Gasteiger partial charge in [0.15, 0.2) is 11.5 Å². The molecule has 32 heavy (non-hydrogen) atoms. The number of fused-ring (bicyclic) bond motifs is 1. The van der Waals surface area contributed by atoms with E-state index in [0.29, 0.717) is 22.2 Å². The summed E-state index contributed by atoms with van der Waals surface area (Å²) >= 11 is 1.21. The normalized spacial score (nSPS) is 14.0. The number of hydrogen-bond donors (Lipinski definition) is 0. The maximum atomic E-state index is 13.0. The van der Waals surface area contributed by atoms with Gasteiger partial charge in [-0.1, -0.05) is 23.9 Å². The number of methoxy groups -OCH3 is 1. The summed E-state index contributed by atoms with van der Waals surface area (Å²) in [6, 6.07) is 7.24. The Hall–Kier alpha value is -3.14. The van der Waals surface area contributed by atoms with Gasteiger partial charge in [-0.3, -0.25) is 18.7 Å². The van der Waals surface area contributed by atoms with Crippen LogP contribution in [0.25, 0.3) is 22.4 Å². The van der Waals surface area contributed by atoms with Crippen LogP contribution in [0.1, 0.15) is 19.3 Å². The van der Waals surface area contributed by atoms with E-state index in [9.17, 15) is 14.4 Å². The molecule has 3 aromatic rings. The van der Waals surface area contributed by atoms with Crippen LogP contribution in [0.15, 0.2) is 38.9 Å². The van der Waals surface area contributed by atoms with Crippen molar-refractivity contribution in [1.82, 2.24) is 24.0 Å². The lowest BCUT2D eigenvalue weighted by molar-refractivity contribution is -0.129. The summed E-state index contributed by atoms with van der Waals surface area (Å²) in [5, 5.41) is 0.618. The molecule has 10 heteroatoms. The van der Waals surface area contributed by atoms with Crippen LogP contribution in [0.2, 0.25) is 0 Å². The summed E-state index contributed by atoms with van der Waals surface area (Å²) in [6.07, 6.45) is 3.16. The van der Waals surface area contributed by atoms with Crippen LogP contribution in [0.5, 0.6) is 5.75 Å². The van der Waals surface area contributed by atoms with E-state index in [2.05, 4.69) is 9.97 Å². The van der Waals surface area contributed by atoms with E-state index in [1.807, 2.05) is 23.1 Å². The lowest BCUT2D eigenvalue weighted by atomic mass is 10.1. The summed E-state index contributed by atoms with van der Waals surface area (Å²) in [5.41, 5.74) is -0.0335. The predicted octanol–water partition coefficient (Wildman–Crippen LogP) is 1.81. The number of ether oxygens (including phenoxy) is 1. The van der Waals surface area contributed by atoms with Gasteiger partial charge in [0.1, 0.15) is 16.2 Å². The highest BCUT2D eigenvalue weighted by Gasteiger charge is 2.21. The molecule has 1 aromatic carbocycles. The molecule has 168 valence electrons. The standard InChI is InChI=1S/C22H25N5O4S/c1-25-19-17(21(29)26(2)22(25)30)20(32-13-16(28)27-10-5-4-6-11-27)24-18(23-19)14-8-7-9-15(12-14)31-3/h7-9,12H,4-6,10-11,13H2,1-3H3. The number of nitrogens with zero attached hydrogens (tertiary/aromatic N) is 5. The number of piperidine rings is 1. The monoisotopic (exact) mass is 455 g/mol.